The summed E-state index contributed by atoms with van der Waals surface area (Å²) in [6.07, 6.45) is 1.53. The van der Waals surface area contributed by atoms with Crippen LogP contribution < -0.4 is 11.0 Å². The number of hydrogen-bond donors (Lipinski definition) is 0. The maximum absolute atomic E-state index is 4.75. The first-order valence-electron chi connectivity index (χ1n) is 1.89. The van der Waals surface area contributed by atoms with Gasteiger partial charge in [-0.2, -0.15) is 0 Å². The van der Waals surface area contributed by atoms with Crippen molar-refractivity contribution in [2.45, 2.75) is 0 Å². The highest BCUT2D eigenvalue weighted by atomic mass is 16.3. The van der Waals surface area contributed by atoms with Crippen LogP contribution in [-0.2, 0) is 0 Å². The molecule has 0 saturated carbocycles. The molecule has 2 heteroatoms. The fourth-order valence-electron chi connectivity index (χ4n) is 0.348. The number of oxazole rings is 1. The molecule has 0 amide bonds. The second-order valence-corrected chi connectivity index (χ2v) is 1.22. The zero-order chi connectivity index (χ0) is 5.28. The zero-order valence-corrected chi connectivity index (χ0v) is 3.85. The van der Waals surface area contributed by atoms with Crippen LogP contribution in [0.3, 0.4) is 0 Å². The van der Waals surface area contributed by atoms with Crippen LogP contribution in [0.25, 0.3) is 13.2 Å². The molecule has 0 aromatic carbocycles. The van der Waals surface area contributed by atoms with Crippen molar-refractivity contribution in [2.75, 3.05) is 0 Å². The van der Waals surface area contributed by atoms with Gasteiger partial charge in [0.1, 0.15) is 5.42 Å². The SMILES string of the molecule is C=c1cnc(=C)o1. The summed E-state index contributed by atoms with van der Waals surface area (Å²) in [6, 6.07) is 0. The minimum atomic E-state index is 0.421. The minimum Gasteiger partial charge on any atom is -0.439 e. The molecule has 0 unspecified atom stereocenters. The Bertz CT molecular complexity index is 212. The van der Waals surface area contributed by atoms with E-state index in [2.05, 4.69) is 18.1 Å². The second kappa shape index (κ2) is 1.22. The summed E-state index contributed by atoms with van der Waals surface area (Å²) in [5, 5.41) is 0. The van der Waals surface area contributed by atoms with Gasteiger partial charge in [0.2, 0.25) is 5.55 Å². The van der Waals surface area contributed by atoms with Crippen molar-refractivity contribution in [1.82, 2.24) is 4.98 Å². The molecule has 0 aliphatic rings. The maximum atomic E-state index is 4.75. The topological polar surface area (TPSA) is 26.0 Å². The summed E-state index contributed by atoms with van der Waals surface area (Å²) in [4.78, 5) is 3.68. The van der Waals surface area contributed by atoms with E-state index in [4.69, 9.17) is 4.42 Å². The molecular formula is C5H5NO. The lowest BCUT2D eigenvalue weighted by atomic mass is 10.8. The van der Waals surface area contributed by atoms with Gasteiger partial charge in [0, 0.05) is 0 Å². The van der Waals surface area contributed by atoms with Crippen LogP contribution in [0.5, 0.6) is 0 Å². The van der Waals surface area contributed by atoms with E-state index in [1.165, 1.54) is 6.20 Å². The standard InChI is InChI=1S/C5H5NO/c1-4-3-6-5(2)7-4/h3H,1-2H2. The van der Waals surface area contributed by atoms with Gasteiger partial charge in [-0.1, -0.05) is 6.58 Å². The quantitative estimate of drug-likeness (QED) is 0.434. The van der Waals surface area contributed by atoms with Crippen molar-refractivity contribution in [2.24, 2.45) is 0 Å². The third kappa shape index (κ3) is 0.682. The zero-order valence-electron chi connectivity index (χ0n) is 3.85. The van der Waals surface area contributed by atoms with Gasteiger partial charge in [0.05, 0.1) is 6.20 Å². The molecule has 0 saturated heterocycles. The predicted molar refractivity (Wildman–Crippen MR) is 26.8 cm³/mol. The number of aromatic nitrogens is 1. The molecule has 2 nitrogen and oxygen atoms in total. The molecule has 36 valence electrons. The Labute approximate surface area is 40.8 Å². The molecule has 0 radical (unpaired) electrons. The summed E-state index contributed by atoms with van der Waals surface area (Å²) in [6.45, 7) is 6.90. The van der Waals surface area contributed by atoms with Gasteiger partial charge in [-0.25, -0.2) is 4.98 Å². The molecule has 0 aliphatic heterocycles. The highest BCUT2D eigenvalue weighted by Crippen LogP contribution is 1.50. The smallest absolute Gasteiger partial charge is 0.212 e. The van der Waals surface area contributed by atoms with Gasteiger partial charge in [-0.05, 0) is 6.58 Å². The molecule has 0 N–H and O–H groups in total. The molecule has 0 aliphatic carbocycles. The highest BCUT2D eigenvalue weighted by molar-refractivity contribution is 4.90. The second-order valence-electron chi connectivity index (χ2n) is 1.22. The Hall–Kier alpha value is -1.05. The van der Waals surface area contributed by atoms with Crippen LogP contribution >= 0.6 is 0 Å². The summed E-state index contributed by atoms with van der Waals surface area (Å²) in [5.41, 5.74) is 0.981. The molecule has 0 spiro atoms. The Morgan fingerprint density at radius 3 is 2.43 bits per heavy atom. The molecule has 1 heterocycles. The van der Waals surface area contributed by atoms with Gasteiger partial charge in [0.15, 0.2) is 0 Å². The van der Waals surface area contributed by atoms with E-state index in [0.717, 1.165) is 0 Å². The Morgan fingerprint density at radius 2 is 2.29 bits per heavy atom. The normalized spacial score (nSPS) is 9.14. The Kier molecular flexibility index (Phi) is 0.719. The Balaban J connectivity index is 3.59. The molecule has 0 fully saturated rings. The van der Waals surface area contributed by atoms with Gasteiger partial charge in [-0.15, -0.1) is 0 Å². The lowest BCUT2D eigenvalue weighted by Gasteiger charge is -1.59. The molecule has 7 heavy (non-hydrogen) atoms. The van der Waals surface area contributed by atoms with Gasteiger partial charge >= 0.3 is 0 Å². The molecule has 1 aromatic heterocycles. The van der Waals surface area contributed by atoms with Crippen molar-refractivity contribution in [3.05, 3.63) is 17.2 Å². The molecule has 0 bridgehead atoms. The van der Waals surface area contributed by atoms with E-state index in [9.17, 15) is 0 Å². The van der Waals surface area contributed by atoms with Crippen LogP contribution in [0.1, 0.15) is 0 Å². The van der Waals surface area contributed by atoms with E-state index in [1.807, 2.05) is 0 Å². The molecule has 1 rings (SSSR count). The minimum absolute atomic E-state index is 0.421. The van der Waals surface area contributed by atoms with Crippen molar-refractivity contribution in [3.63, 3.8) is 0 Å². The average Bonchev–Trinajstić information content (AvgIpc) is 1.87. The monoisotopic (exact) mass is 95.0 g/mol. The van der Waals surface area contributed by atoms with Crippen LogP contribution in [0.4, 0.5) is 0 Å². The largest absolute Gasteiger partial charge is 0.439 e. The average molecular weight is 95.1 g/mol. The maximum Gasteiger partial charge on any atom is 0.212 e. The van der Waals surface area contributed by atoms with Crippen molar-refractivity contribution in [3.8, 4) is 0 Å². The summed E-state index contributed by atoms with van der Waals surface area (Å²) in [5.74, 6) is 0. The molecular weight excluding hydrogens is 90.1 g/mol. The third-order valence-electron chi connectivity index (χ3n) is 0.601. The van der Waals surface area contributed by atoms with Crippen molar-refractivity contribution in [1.29, 1.82) is 0 Å². The first-order valence-corrected chi connectivity index (χ1v) is 1.89. The fraction of sp³-hybridized carbons (Fsp3) is 0. The predicted octanol–water partition coefficient (Wildman–Crippen LogP) is -0.505. The Morgan fingerprint density at radius 1 is 1.57 bits per heavy atom. The first kappa shape index (κ1) is 4.12. The fourth-order valence-corrected chi connectivity index (χ4v) is 0.348. The molecule has 1 aromatic rings. The van der Waals surface area contributed by atoms with Crippen LogP contribution in [0.15, 0.2) is 10.6 Å². The van der Waals surface area contributed by atoms with Gasteiger partial charge in [-0.3, -0.25) is 0 Å². The van der Waals surface area contributed by atoms with Crippen molar-refractivity contribution < 1.29 is 4.42 Å². The van der Waals surface area contributed by atoms with Gasteiger partial charge < -0.3 is 4.42 Å². The van der Waals surface area contributed by atoms with Crippen molar-refractivity contribution >= 4 is 13.2 Å². The van der Waals surface area contributed by atoms with Crippen LogP contribution in [0.2, 0.25) is 0 Å². The molecule has 0 atom stereocenters. The van der Waals surface area contributed by atoms with E-state index in [-0.39, 0.29) is 0 Å². The summed E-state index contributed by atoms with van der Waals surface area (Å²) >= 11 is 0. The lowest BCUT2D eigenvalue weighted by Crippen LogP contribution is -1.95. The van der Waals surface area contributed by atoms with E-state index < -0.39 is 0 Å². The number of hydrogen-bond acceptors (Lipinski definition) is 2. The van der Waals surface area contributed by atoms with Crippen LogP contribution in [0, 0.1) is 0 Å². The van der Waals surface area contributed by atoms with Gasteiger partial charge in [0.25, 0.3) is 0 Å². The van der Waals surface area contributed by atoms with Crippen LogP contribution in [-0.4, -0.2) is 4.98 Å². The summed E-state index contributed by atoms with van der Waals surface area (Å²) in [7, 11) is 0. The van der Waals surface area contributed by atoms with E-state index >= 15 is 0 Å². The number of nitrogens with zero attached hydrogens (tertiary/aromatic N) is 1. The summed E-state index contributed by atoms with van der Waals surface area (Å²) < 4.78 is 4.75. The first-order chi connectivity index (χ1) is 3.29. The van der Waals surface area contributed by atoms with E-state index in [0.29, 0.717) is 11.0 Å². The highest BCUT2D eigenvalue weighted by Gasteiger charge is 1.74. The number of rotatable bonds is 0. The lowest BCUT2D eigenvalue weighted by molar-refractivity contribution is 0.494. The third-order valence-corrected chi connectivity index (χ3v) is 0.601. The van der Waals surface area contributed by atoms with E-state index in [1.54, 1.807) is 0 Å².